The second kappa shape index (κ2) is 12.0. The molecule has 1 aromatic rings. The first kappa shape index (κ1) is 14.9. The van der Waals surface area contributed by atoms with Gasteiger partial charge in [0.2, 0.25) is 0 Å². The first-order chi connectivity index (χ1) is 7.93. The third-order valence-electron chi connectivity index (χ3n) is 2.00. The molecule has 3 nitrogen and oxygen atoms in total. The Kier molecular flexibility index (Phi) is 11.2. The van der Waals surface area contributed by atoms with Crippen molar-refractivity contribution in [2.75, 3.05) is 25.6 Å². The maximum absolute atomic E-state index is 5.07. The van der Waals surface area contributed by atoms with E-state index in [1.54, 1.807) is 6.20 Å². The van der Waals surface area contributed by atoms with Crippen molar-refractivity contribution in [1.29, 1.82) is 0 Å². The van der Waals surface area contributed by atoms with Gasteiger partial charge in [0.15, 0.2) is 0 Å². The molecule has 0 spiro atoms. The van der Waals surface area contributed by atoms with Gasteiger partial charge in [-0.2, -0.15) is 0 Å². The zero-order chi connectivity index (χ0) is 12.1. The van der Waals surface area contributed by atoms with E-state index in [2.05, 4.69) is 10.3 Å². The molecule has 0 radical (unpaired) electrons. The molecule has 92 valence electrons. The minimum absolute atomic E-state index is 0.910. The number of anilines is 1. The summed E-state index contributed by atoms with van der Waals surface area (Å²) in [6.07, 6.45) is 5.69. The Morgan fingerprint density at radius 1 is 1.12 bits per heavy atom. The molecular formula is C13H24N2O. The van der Waals surface area contributed by atoms with Crippen molar-refractivity contribution in [3.8, 4) is 0 Å². The molecule has 1 aromatic heterocycles. The maximum atomic E-state index is 5.07. The summed E-state index contributed by atoms with van der Waals surface area (Å²) in [5.41, 5.74) is 0. The molecule has 1 aliphatic rings. The fraction of sp³-hybridized carbons (Fsp3) is 0.615. The predicted octanol–water partition coefficient (Wildman–Crippen LogP) is 3.34. The van der Waals surface area contributed by atoms with E-state index in [1.807, 2.05) is 39.1 Å². The summed E-state index contributed by atoms with van der Waals surface area (Å²) < 4.78 is 5.07. The highest BCUT2D eigenvalue weighted by Gasteiger charge is 1.95. The average molecular weight is 224 g/mol. The van der Waals surface area contributed by atoms with Crippen LogP contribution in [0, 0.1) is 0 Å². The van der Waals surface area contributed by atoms with Crippen LogP contribution in [0.5, 0.6) is 0 Å². The standard InChI is InChI=1S/C6H8N2.C5H10O.C2H6/c1-7-6-4-2-3-5-8-6;1-2-4-6-5-3-1;1-2/h2-5H,1H3,(H,7,8);1-5H2;1-2H3. The van der Waals surface area contributed by atoms with E-state index in [9.17, 15) is 0 Å². The van der Waals surface area contributed by atoms with E-state index in [4.69, 9.17) is 4.74 Å². The van der Waals surface area contributed by atoms with Gasteiger partial charge in [0, 0.05) is 26.5 Å². The summed E-state index contributed by atoms with van der Waals surface area (Å²) in [6, 6.07) is 5.75. The summed E-state index contributed by atoms with van der Waals surface area (Å²) in [4.78, 5) is 3.99. The van der Waals surface area contributed by atoms with Crippen molar-refractivity contribution >= 4 is 5.82 Å². The summed E-state index contributed by atoms with van der Waals surface area (Å²) in [6.45, 7) is 6.00. The van der Waals surface area contributed by atoms with Crippen LogP contribution in [0.2, 0.25) is 0 Å². The summed E-state index contributed by atoms with van der Waals surface area (Å²) in [5.74, 6) is 0.910. The molecular weight excluding hydrogens is 200 g/mol. The minimum atomic E-state index is 0.910. The molecule has 3 heteroatoms. The van der Waals surface area contributed by atoms with Crippen LogP contribution in [-0.4, -0.2) is 25.2 Å². The fourth-order valence-corrected chi connectivity index (χ4v) is 1.20. The van der Waals surface area contributed by atoms with Crippen LogP contribution in [0.4, 0.5) is 5.82 Å². The Labute approximate surface area is 99.2 Å². The third kappa shape index (κ3) is 8.24. The number of rotatable bonds is 1. The Balaban J connectivity index is 0.000000251. The van der Waals surface area contributed by atoms with Gasteiger partial charge in [-0.1, -0.05) is 19.9 Å². The smallest absolute Gasteiger partial charge is 0.125 e. The van der Waals surface area contributed by atoms with Gasteiger partial charge in [-0.25, -0.2) is 4.98 Å². The van der Waals surface area contributed by atoms with E-state index in [0.29, 0.717) is 0 Å². The molecule has 0 aliphatic carbocycles. The summed E-state index contributed by atoms with van der Waals surface area (Å²) in [5, 5.41) is 2.92. The van der Waals surface area contributed by atoms with Gasteiger partial charge in [0.05, 0.1) is 0 Å². The first-order valence-corrected chi connectivity index (χ1v) is 6.10. The number of ether oxygens (including phenoxy) is 1. The zero-order valence-electron chi connectivity index (χ0n) is 10.7. The van der Waals surface area contributed by atoms with Crippen molar-refractivity contribution in [2.45, 2.75) is 33.1 Å². The number of hydrogen-bond acceptors (Lipinski definition) is 3. The van der Waals surface area contributed by atoms with E-state index < -0.39 is 0 Å². The molecule has 0 amide bonds. The molecule has 0 unspecified atom stereocenters. The van der Waals surface area contributed by atoms with Crippen LogP contribution < -0.4 is 5.32 Å². The quantitative estimate of drug-likeness (QED) is 0.794. The van der Waals surface area contributed by atoms with Crippen LogP contribution in [-0.2, 0) is 4.74 Å². The van der Waals surface area contributed by atoms with Crippen molar-refractivity contribution in [2.24, 2.45) is 0 Å². The van der Waals surface area contributed by atoms with E-state index in [1.165, 1.54) is 19.3 Å². The van der Waals surface area contributed by atoms with Gasteiger partial charge in [0.25, 0.3) is 0 Å². The molecule has 0 atom stereocenters. The van der Waals surface area contributed by atoms with Gasteiger partial charge in [-0.3, -0.25) is 0 Å². The van der Waals surface area contributed by atoms with E-state index >= 15 is 0 Å². The Hall–Kier alpha value is -1.09. The molecule has 0 saturated carbocycles. The lowest BCUT2D eigenvalue weighted by atomic mass is 10.2. The molecule has 16 heavy (non-hydrogen) atoms. The van der Waals surface area contributed by atoms with Gasteiger partial charge in [-0.05, 0) is 31.4 Å². The van der Waals surface area contributed by atoms with Crippen LogP contribution in [0.25, 0.3) is 0 Å². The summed E-state index contributed by atoms with van der Waals surface area (Å²) in [7, 11) is 1.85. The highest BCUT2D eigenvalue weighted by molar-refractivity contribution is 5.31. The van der Waals surface area contributed by atoms with Crippen LogP contribution >= 0.6 is 0 Å². The Morgan fingerprint density at radius 2 is 1.81 bits per heavy atom. The topological polar surface area (TPSA) is 34.1 Å². The van der Waals surface area contributed by atoms with Crippen LogP contribution in [0.1, 0.15) is 33.1 Å². The molecule has 0 bridgehead atoms. The molecule has 1 saturated heterocycles. The van der Waals surface area contributed by atoms with Crippen molar-refractivity contribution in [3.63, 3.8) is 0 Å². The number of pyridine rings is 1. The molecule has 1 N–H and O–H groups in total. The first-order valence-electron chi connectivity index (χ1n) is 6.10. The van der Waals surface area contributed by atoms with Crippen molar-refractivity contribution < 1.29 is 4.74 Å². The molecule has 2 heterocycles. The highest BCUT2D eigenvalue weighted by atomic mass is 16.5. The predicted molar refractivity (Wildman–Crippen MR) is 69.8 cm³/mol. The molecule has 1 aliphatic heterocycles. The normalized spacial score (nSPS) is 13.7. The average Bonchev–Trinajstić information content (AvgIpc) is 2.44. The van der Waals surface area contributed by atoms with Gasteiger partial charge in [0.1, 0.15) is 5.82 Å². The second-order valence-electron chi connectivity index (χ2n) is 3.14. The van der Waals surface area contributed by atoms with Crippen LogP contribution in [0.3, 0.4) is 0 Å². The third-order valence-corrected chi connectivity index (χ3v) is 2.00. The van der Waals surface area contributed by atoms with Crippen molar-refractivity contribution in [3.05, 3.63) is 24.4 Å². The lowest BCUT2D eigenvalue weighted by Gasteiger charge is -2.08. The van der Waals surface area contributed by atoms with Crippen molar-refractivity contribution in [1.82, 2.24) is 4.98 Å². The number of hydrogen-bond donors (Lipinski definition) is 1. The molecule has 1 fully saturated rings. The minimum Gasteiger partial charge on any atom is -0.381 e. The monoisotopic (exact) mass is 224 g/mol. The SMILES string of the molecule is C1CCOCC1.CC.CNc1ccccn1. The zero-order valence-corrected chi connectivity index (χ0v) is 10.7. The molecule has 2 rings (SSSR count). The lowest BCUT2D eigenvalue weighted by Crippen LogP contribution is -2.03. The molecule has 0 aromatic carbocycles. The lowest BCUT2D eigenvalue weighted by molar-refractivity contribution is 0.0968. The number of aromatic nitrogens is 1. The van der Waals surface area contributed by atoms with Gasteiger partial charge < -0.3 is 10.1 Å². The number of nitrogens with zero attached hydrogens (tertiary/aromatic N) is 1. The largest absolute Gasteiger partial charge is 0.381 e. The Morgan fingerprint density at radius 3 is 2.06 bits per heavy atom. The Bertz CT molecular complexity index is 211. The second-order valence-corrected chi connectivity index (χ2v) is 3.14. The fourth-order valence-electron chi connectivity index (χ4n) is 1.20. The highest BCUT2D eigenvalue weighted by Crippen LogP contribution is 2.02. The van der Waals surface area contributed by atoms with Crippen LogP contribution in [0.15, 0.2) is 24.4 Å². The van der Waals surface area contributed by atoms with E-state index in [0.717, 1.165) is 19.0 Å². The summed E-state index contributed by atoms with van der Waals surface area (Å²) >= 11 is 0. The van der Waals surface area contributed by atoms with E-state index in [-0.39, 0.29) is 0 Å². The number of nitrogens with one attached hydrogen (secondary N) is 1. The maximum Gasteiger partial charge on any atom is 0.125 e. The van der Waals surface area contributed by atoms with Gasteiger partial charge in [-0.15, -0.1) is 0 Å². The van der Waals surface area contributed by atoms with Gasteiger partial charge >= 0.3 is 0 Å².